The Bertz CT molecular complexity index is 709. The normalized spacial score (nSPS) is 10.3. The van der Waals surface area contributed by atoms with Crippen molar-refractivity contribution in [3.63, 3.8) is 0 Å². The lowest BCUT2D eigenvalue weighted by Gasteiger charge is -2.11. The quantitative estimate of drug-likeness (QED) is 0.795. The molecular weight excluding hydrogens is 304 g/mol. The van der Waals surface area contributed by atoms with Crippen LogP contribution in [0.1, 0.15) is 25.8 Å². The third-order valence-electron chi connectivity index (χ3n) is 3.25. The Morgan fingerprint density at radius 1 is 0.958 bits per heavy atom. The van der Waals surface area contributed by atoms with Gasteiger partial charge in [-0.05, 0) is 56.7 Å². The van der Waals surface area contributed by atoms with Crippen LogP contribution in [0.5, 0.6) is 5.75 Å². The molecule has 0 radical (unpaired) electrons. The minimum atomic E-state index is -0.362. The van der Waals surface area contributed by atoms with Gasteiger partial charge in [-0.2, -0.15) is 0 Å². The van der Waals surface area contributed by atoms with E-state index < -0.39 is 0 Å². The number of nitrogens with one attached hydrogen (secondary N) is 2. The maximum Gasteiger partial charge on any atom is 0.233 e. The topological polar surface area (TPSA) is 67.4 Å². The van der Waals surface area contributed by atoms with E-state index in [2.05, 4.69) is 10.6 Å². The van der Waals surface area contributed by atoms with Gasteiger partial charge in [0.1, 0.15) is 12.2 Å². The first kappa shape index (κ1) is 17.5. The van der Waals surface area contributed by atoms with E-state index in [1.807, 2.05) is 39.0 Å². The van der Waals surface area contributed by atoms with E-state index in [0.717, 1.165) is 11.3 Å². The van der Waals surface area contributed by atoms with Gasteiger partial charge in [-0.25, -0.2) is 0 Å². The molecule has 2 rings (SSSR count). The Morgan fingerprint density at radius 3 is 2.21 bits per heavy atom. The highest BCUT2D eigenvalue weighted by Gasteiger charge is 2.11. The van der Waals surface area contributed by atoms with E-state index in [0.29, 0.717) is 11.4 Å². The van der Waals surface area contributed by atoms with Gasteiger partial charge in [-0.15, -0.1) is 0 Å². The van der Waals surface area contributed by atoms with Gasteiger partial charge in [-0.3, -0.25) is 9.59 Å². The first-order valence-corrected chi connectivity index (χ1v) is 7.86. The van der Waals surface area contributed by atoms with Gasteiger partial charge in [0.25, 0.3) is 0 Å². The lowest BCUT2D eigenvalue weighted by molar-refractivity contribution is -0.123. The number of amides is 2. The van der Waals surface area contributed by atoms with Gasteiger partial charge in [0.15, 0.2) is 0 Å². The fourth-order valence-electron chi connectivity index (χ4n) is 2.15. The van der Waals surface area contributed by atoms with Gasteiger partial charge in [-0.1, -0.05) is 18.2 Å². The van der Waals surface area contributed by atoms with Crippen molar-refractivity contribution in [3.05, 3.63) is 54.1 Å². The van der Waals surface area contributed by atoms with Gasteiger partial charge >= 0.3 is 0 Å². The molecule has 0 heterocycles. The molecule has 0 aliphatic carbocycles. The van der Waals surface area contributed by atoms with Crippen molar-refractivity contribution in [2.75, 3.05) is 10.6 Å². The number of aryl methyl sites for hydroxylation is 1. The van der Waals surface area contributed by atoms with E-state index in [1.54, 1.807) is 30.3 Å². The van der Waals surface area contributed by atoms with Crippen molar-refractivity contribution < 1.29 is 14.3 Å². The average Bonchev–Trinajstić information content (AvgIpc) is 2.51. The monoisotopic (exact) mass is 326 g/mol. The maximum absolute atomic E-state index is 12.0. The molecule has 0 atom stereocenters. The second-order valence-electron chi connectivity index (χ2n) is 5.78. The van der Waals surface area contributed by atoms with Crippen LogP contribution in [0.3, 0.4) is 0 Å². The molecule has 0 fully saturated rings. The number of carbonyl (C=O) groups is 2. The summed E-state index contributed by atoms with van der Waals surface area (Å²) in [6.45, 7) is 5.79. The summed E-state index contributed by atoms with van der Waals surface area (Å²) in [4.78, 5) is 23.9. The number of para-hydroxylation sites is 1. The van der Waals surface area contributed by atoms with Crippen LogP contribution in [0, 0.1) is 6.92 Å². The Hall–Kier alpha value is -2.82. The average molecular weight is 326 g/mol. The first-order valence-electron chi connectivity index (χ1n) is 7.86. The lowest BCUT2D eigenvalue weighted by atomic mass is 10.2. The molecule has 0 unspecified atom stereocenters. The van der Waals surface area contributed by atoms with E-state index in [4.69, 9.17) is 4.74 Å². The molecule has 2 aromatic carbocycles. The summed E-state index contributed by atoms with van der Waals surface area (Å²) in [5.74, 6) is 0.0282. The molecule has 24 heavy (non-hydrogen) atoms. The molecule has 5 nitrogen and oxygen atoms in total. The van der Waals surface area contributed by atoms with Crippen LogP contribution in [0.15, 0.2) is 48.5 Å². The smallest absolute Gasteiger partial charge is 0.233 e. The SMILES string of the molecule is Cc1ccccc1NC(=O)CC(=O)Nc1ccc(OC(C)C)cc1. The van der Waals surface area contributed by atoms with E-state index in [1.165, 1.54) is 0 Å². The van der Waals surface area contributed by atoms with Crippen molar-refractivity contribution in [2.24, 2.45) is 0 Å². The van der Waals surface area contributed by atoms with Gasteiger partial charge in [0.05, 0.1) is 6.10 Å². The van der Waals surface area contributed by atoms with Gasteiger partial charge in [0.2, 0.25) is 11.8 Å². The highest BCUT2D eigenvalue weighted by Crippen LogP contribution is 2.17. The molecule has 0 aromatic heterocycles. The number of hydrogen-bond donors (Lipinski definition) is 2. The Kier molecular flexibility index (Phi) is 5.95. The molecule has 0 aliphatic heterocycles. The summed E-state index contributed by atoms with van der Waals surface area (Å²) >= 11 is 0. The van der Waals surface area contributed by atoms with Crippen LogP contribution in [0.2, 0.25) is 0 Å². The van der Waals surface area contributed by atoms with Crippen molar-refractivity contribution in [1.29, 1.82) is 0 Å². The van der Waals surface area contributed by atoms with E-state index >= 15 is 0 Å². The molecule has 126 valence electrons. The molecule has 5 heteroatoms. The third kappa shape index (κ3) is 5.43. The van der Waals surface area contributed by atoms with Crippen LogP contribution in [0.25, 0.3) is 0 Å². The van der Waals surface area contributed by atoms with Crippen LogP contribution < -0.4 is 15.4 Å². The summed E-state index contributed by atoms with van der Waals surface area (Å²) in [5.41, 5.74) is 2.29. The molecule has 0 bridgehead atoms. The number of benzene rings is 2. The van der Waals surface area contributed by atoms with Crippen molar-refractivity contribution in [1.82, 2.24) is 0 Å². The molecule has 0 saturated carbocycles. The zero-order valence-electron chi connectivity index (χ0n) is 14.1. The first-order chi connectivity index (χ1) is 11.4. The summed E-state index contributed by atoms with van der Waals surface area (Å²) in [5, 5.41) is 5.44. The predicted octanol–water partition coefficient (Wildman–Crippen LogP) is 3.75. The summed E-state index contributed by atoms with van der Waals surface area (Å²) in [7, 11) is 0. The molecule has 2 aromatic rings. The van der Waals surface area contributed by atoms with Crippen LogP contribution >= 0.6 is 0 Å². The van der Waals surface area contributed by atoms with Gasteiger partial charge in [0, 0.05) is 11.4 Å². The fraction of sp³-hybridized carbons (Fsp3) is 0.263. The van der Waals surface area contributed by atoms with Crippen LogP contribution in [-0.4, -0.2) is 17.9 Å². The number of rotatable bonds is 6. The molecule has 0 aliphatic rings. The third-order valence-corrected chi connectivity index (χ3v) is 3.25. The molecule has 2 N–H and O–H groups in total. The number of carbonyl (C=O) groups excluding carboxylic acids is 2. The highest BCUT2D eigenvalue weighted by molar-refractivity contribution is 6.08. The minimum absolute atomic E-state index is 0.0931. The minimum Gasteiger partial charge on any atom is -0.491 e. The number of ether oxygens (including phenoxy) is 1. The van der Waals surface area contributed by atoms with Crippen LogP contribution in [-0.2, 0) is 9.59 Å². The Labute approximate surface area is 142 Å². The Morgan fingerprint density at radius 2 is 1.58 bits per heavy atom. The summed E-state index contributed by atoms with van der Waals surface area (Å²) in [6, 6.07) is 14.5. The summed E-state index contributed by atoms with van der Waals surface area (Å²) < 4.78 is 5.54. The molecular formula is C19H22N2O3. The highest BCUT2D eigenvalue weighted by atomic mass is 16.5. The standard InChI is InChI=1S/C19H22N2O3/c1-13(2)24-16-10-8-15(9-11-16)20-18(22)12-19(23)21-17-7-5-4-6-14(17)3/h4-11,13H,12H2,1-3H3,(H,20,22)(H,21,23). The second kappa shape index (κ2) is 8.15. The lowest BCUT2D eigenvalue weighted by Crippen LogP contribution is -2.21. The predicted molar refractivity (Wildman–Crippen MR) is 95.3 cm³/mol. The van der Waals surface area contributed by atoms with Gasteiger partial charge < -0.3 is 15.4 Å². The Balaban J connectivity index is 1.86. The zero-order chi connectivity index (χ0) is 17.5. The number of hydrogen-bond acceptors (Lipinski definition) is 3. The van der Waals surface area contributed by atoms with Crippen molar-refractivity contribution >= 4 is 23.2 Å². The molecule has 0 spiro atoms. The second-order valence-corrected chi connectivity index (χ2v) is 5.78. The summed E-state index contributed by atoms with van der Waals surface area (Å²) in [6.07, 6.45) is -0.144. The molecule has 2 amide bonds. The zero-order valence-corrected chi connectivity index (χ0v) is 14.1. The fourth-order valence-corrected chi connectivity index (χ4v) is 2.15. The van der Waals surface area contributed by atoms with Crippen molar-refractivity contribution in [2.45, 2.75) is 33.3 Å². The van der Waals surface area contributed by atoms with Crippen molar-refractivity contribution in [3.8, 4) is 5.75 Å². The largest absolute Gasteiger partial charge is 0.491 e. The number of anilines is 2. The maximum atomic E-state index is 12.0. The molecule has 0 saturated heterocycles. The van der Waals surface area contributed by atoms with Crippen LogP contribution in [0.4, 0.5) is 11.4 Å². The van der Waals surface area contributed by atoms with E-state index in [-0.39, 0.29) is 24.3 Å². The van der Waals surface area contributed by atoms with E-state index in [9.17, 15) is 9.59 Å².